The molecule has 1 aromatic rings. The number of hydrogen-bond acceptors (Lipinski definition) is 6. The van der Waals surface area contributed by atoms with Crippen molar-refractivity contribution < 1.29 is 43.0 Å². The zero-order valence-corrected chi connectivity index (χ0v) is 11.9. The van der Waals surface area contributed by atoms with Gasteiger partial charge in [-0.1, -0.05) is 0 Å². The number of halogens is 3. The van der Waals surface area contributed by atoms with Crippen molar-refractivity contribution in [3.05, 3.63) is 33.4 Å². The van der Waals surface area contributed by atoms with Crippen LogP contribution in [0, 0.1) is 10.1 Å². The number of carbonyl (C=O) groups is 2. The fourth-order valence-electron chi connectivity index (χ4n) is 1.78. The number of aliphatic hydroxyl groups is 1. The van der Waals surface area contributed by atoms with Crippen molar-refractivity contribution in [2.75, 3.05) is 0 Å². The van der Waals surface area contributed by atoms with Gasteiger partial charge in [0.2, 0.25) is 5.75 Å². The minimum atomic E-state index is -5.10. The SMILES string of the molecule is C[C@@H](O)[C@H](NC(=O)c1ccc(C(F)(F)F)c(O)c1[N+](=O)[O-])C(=O)O. The summed E-state index contributed by atoms with van der Waals surface area (Å²) in [6.07, 6.45) is -6.69. The maximum absolute atomic E-state index is 12.7. The molecule has 0 radical (unpaired) electrons. The number of carboxylic acid groups (broad SMARTS) is 1. The third-order valence-electron chi connectivity index (χ3n) is 2.92. The van der Waals surface area contributed by atoms with Gasteiger partial charge in [-0.25, -0.2) is 4.79 Å². The number of benzene rings is 1. The molecule has 0 aliphatic heterocycles. The first-order valence-electron chi connectivity index (χ1n) is 6.17. The van der Waals surface area contributed by atoms with E-state index >= 15 is 0 Å². The molecule has 0 saturated heterocycles. The van der Waals surface area contributed by atoms with Crippen molar-refractivity contribution in [2.24, 2.45) is 0 Å². The van der Waals surface area contributed by atoms with Gasteiger partial charge < -0.3 is 20.6 Å². The van der Waals surface area contributed by atoms with Crippen LogP contribution in [0.4, 0.5) is 18.9 Å². The number of amides is 1. The van der Waals surface area contributed by atoms with Crippen LogP contribution in [0.1, 0.15) is 22.8 Å². The number of carboxylic acids is 1. The van der Waals surface area contributed by atoms with Crippen LogP contribution in [-0.4, -0.2) is 44.3 Å². The van der Waals surface area contributed by atoms with Gasteiger partial charge in [-0.15, -0.1) is 0 Å². The number of carbonyl (C=O) groups excluding carboxylic acids is 1. The molecule has 132 valence electrons. The molecule has 2 atom stereocenters. The van der Waals surface area contributed by atoms with E-state index < -0.39 is 57.7 Å². The van der Waals surface area contributed by atoms with E-state index in [2.05, 4.69) is 0 Å². The Morgan fingerprint density at radius 2 is 1.88 bits per heavy atom. The zero-order chi connectivity index (χ0) is 18.8. The summed E-state index contributed by atoms with van der Waals surface area (Å²) in [6, 6.07) is -1.19. The number of hydrogen-bond donors (Lipinski definition) is 4. The van der Waals surface area contributed by atoms with Crippen molar-refractivity contribution in [3.8, 4) is 5.75 Å². The summed E-state index contributed by atoms with van der Waals surface area (Å²) >= 11 is 0. The first-order valence-corrected chi connectivity index (χ1v) is 6.17. The van der Waals surface area contributed by atoms with Crippen LogP contribution in [0.2, 0.25) is 0 Å². The Morgan fingerprint density at radius 1 is 1.33 bits per heavy atom. The maximum atomic E-state index is 12.7. The number of aliphatic carboxylic acids is 1. The lowest BCUT2D eigenvalue weighted by Gasteiger charge is -2.17. The zero-order valence-electron chi connectivity index (χ0n) is 11.9. The van der Waals surface area contributed by atoms with E-state index in [1.54, 1.807) is 5.32 Å². The second-order valence-corrected chi connectivity index (χ2v) is 4.64. The topological polar surface area (TPSA) is 150 Å². The van der Waals surface area contributed by atoms with Crippen LogP contribution in [0.25, 0.3) is 0 Å². The van der Waals surface area contributed by atoms with Gasteiger partial charge >= 0.3 is 17.8 Å². The lowest BCUT2D eigenvalue weighted by Crippen LogP contribution is -2.47. The summed E-state index contributed by atoms with van der Waals surface area (Å²) in [4.78, 5) is 32.3. The number of nitro benzene ring substituents is 1. The van der Waals surface area contributed by atoms with Crippen molar-refractivity contribution in [1.82, 2.24) is 5.32 Å². The molecule has 0 heterocycles. The highest BCUT2D eigenvalue weighted by atomic mass is 19.4. The number of rotatable bonds is 5. The Hall–Kier alpha value is -2.89. The first kappa shape index (κ1) is 19.2. The van der Waals surface area contributed by atoms with E-state index in [0.717, 1.165) is 6.92 Å². The monoisotopic (exact) mass is 352 g/mol. The molecule has 1 aromatic carbocycles. The number of aromatic hydroxyl groups is 1. The summed E-state index contributed by atoms with van der Waals surface area (Å²) in [6.45, 7) is 1.01. The number of phenols is 1. The molecule has 0 fully saturated rings. The van der Waals surface area contributed by atoms with E-state index in [1.807, 2.05) is 0 Å². The third-order valence-corrected chi connectivity index (χ3v) is 2.92. The van der Waals surface area contributed by atoms with Gasteiger partial charge in [0.25, 0.3) is 5.91 Å². The molecule has 0 saturated carbocycles. The molecule has 0 bridgehead atoms. The normalized spacial score (nSPS) is 13.9. The molecule has 0 aliphatic carbocycles. The standard InChI is InChI=1S/C12H11F3N2O7/c1-4(18)7(11(21)22)16-10(20)5-2-3-6(12(13,14)15)9(19)8(5)17(23)24/h2-4,7,18-19H,1H3,(H,16,20)(H,21,22)/t4-,7+/m1/s1. The summed E-state index contributed by atoms with van der Waals surface area (Å²) < 4.78 is 38.0. The Morgan fingerprint density at radius 3 is 2.25 bits per heavy atom. The van der Waals surface area contributed by atoms with Gasteiger partial charge in [0, 0.05) is 0 Å². The van der Waals surface area contributed by atoms with E-state index in [1.165, 1.54) is 0 Å². The molecule has 9 nitrogen and oxygen atoms in total. The highest BCUT2D eigenvalue weighted by Gasteiger charge is 2.40. The van der Waals surface area contributed by atoms with Gasteiger partial charge in [-0.3, -0.25) is 14.9 Å². The van der Waals surface area contributed by atoms with Gasteiger partial charge in [0.1, 0.15) is 11.1 Å². The second-order valence-electron chi connectivity index (χ2n) is 4.64. The number of nitrogens with zero attached hydrogens (tertiary/aromatic N) is 1. The van der Waals surface area contributed by atoms with Gasteiger partial charge in [-0.05, 0) is 19.1 Å². The van der Waals surface area contributed by atoms with E-state index in [4.69, 9.17) is 5.11 Å². The number of alkyl halides is 3. The Bertz CT molecular complexity index is 688. The van der Waals surface area contributed by atoms with Gasteiger partial charge in [-0.2, -0.15) is 13.2 Å². The average molecular weight is 352 g/mol. The molecular weight excluding hydrogens is 341 g/mol. The Balaban J connectivity index is 3.39. The lowest BCUT2D eigenvalue weighted by molar-refractivity contribution is -0.386. The van der Waals surface area contributed by atoms with Crippen LogP contribution >= 0.6 is 0 Å². The minimum absolute atomic E-state index is 0.245. The van der Waals surface area contributed by atoms with Crippen LogP contribution in [0.5, 0.6) is 5.75 Å². The van der Waals surface area contributed by atoms with E-state index in [-0.39, 0.29) is 6.07 Å². The van der Waals surface area contributed by atoms with Crippen molar-refractivity contribution in [3.63, 3.8) is 0 Å². The van der Waals surface area contributed by atoms with Crippen molar-refractivity contribution in [1.29, 1.82) is 0 Å². The Labute approximate surface area is 131 Å². The van der Waals surface area contributed by atoms with Crippen molar-refractivity contribution >= 4 is 17.6 Å². The van der Waals surface area contributed by atoms with Crippen LogP contribution in [0.3, 0.4) is 0 Å². The molecule has 0 spiro atoms. The molecular formula is C12H11F3N2O7. The summed E-state index contributed by atoms with van der Waals surface area (Å²) in [5.41, 5.74) is -4.24. The fourth-order valence-corrected chi connectivity index (χ4v) is 1.78. The second kappa shape index (κ2) is 6.70. The van der Waals surface area contributed by atoms with E-state index in [0.29, 0.717) is 6.07 Å². The molecule has 0 aliphatic rings. The largest absolute Gasteiger partial charge is 0.502 e. The smallest absolute Gasteiger partial charge is 0.420 e. The van der Waals surface area contributed by atoms with Crippen molar-refractivity contribution in [2.45, 2.75) is 25.2 Å². The fraction of sp³-hybridized carbons (Fsp3) is 0.333. The molecule has 1 rings (SSSR count). The predicted octanol–water partition coefficient (Wildman–Crippen LogP) is 0.883. The molecule has 4 N–H and O–H groups in total. The Kier molecular flexibility index (Phi) is 5.35. The number of phenolic OH excluding ortho intramolecular Hbond substituents is 1. The summed E-state index contributed by atoms with van der Waals surface area (Å²) in [5, 5.41) is 40.2. The predicted molar refractivity (Wildman–Crippen MR) is 70.3 cm³/mol. The average Bonchev–Trinajstić information content (AvgIpc) is 2.41. The third kappa shape index (κ3) is 3.90. The number of nitrogens with one attached hydrogen (secondary N) is 1. The van der Waals surface area contributed by atoms with Crippen LogP contribution < -0.4 is 5.32 Å². The van der Waals surface area contributed by atoms with E-state index in [9.17, 15) is 43.1 Å². The highest BCUT2D eigenvalue weighted by molar-refractivity contribution is 6.01. The van der Waals surface area contributed by atoms with Gasteiger partial charge in [0.05, 0.1) is 11.0 Å². The summed E-state index contributed by atoms with van der Waals surface area (Å²) in [5.74, 6) is -4.89. The first-order chi connectivity index (χ1) is 10.9. The van der Waals surface area contributed by atoms with Crippen LogP contribution in [-0.2, 0) is 11.0 Å². The van der Waals surface area contributed by atoms with Crippen LogP contribution in [0.15, 0.2) is 12.1 Å². The number of nitro groups is 1. The molecule has 1 amide bonds. The highest BCUT2D eigenvalue weighted by Crippen LogP contribution is 2.42. The maximum Gasteiger partial charge on any atom is 0.420 e. The summed E-state index contributed by atoms with van der Waals surface area (Å²) in [7, 11) is 0. The minimum Gasteiger partial charge on any atom is -0.502 e. The van der Waals surface area contributed by atoms with Gasteiger partial charge in [0.15, 0.2) is 6.04 Å². The lowest BCUT2D eigenvalue weighted by atomic mass is 10.1. The molecule has 12 heteroatoms. The molecule has 0 unspecified atom stereocenters. The molecule has 24 heavy (non-hydrogen) atoms. The molecule has 0 aromatic heterocycles. The number of aliphatic hydroxyl groups excluding tert-OH is 1. The quantitative estimate of drug-likeness (QED) is 0.454.